The largest absolute Gasteiger partial charge is 0.435 e. The van der Waals surface area contributed by atoms with Crippen LogP contribution in [0.4, 0.5) is 8.78 Å². The van der Waals surface area contributed by atoms with E-state index in [1.54, 1.807) is 12.1 Å². The van der Waals surface area contributed by atoms with Crippen LogP contribution < -0.4 is 4.74 Å². The van der Waals surface area contributed by atoms with Gasteiger partial charge in [0.1, 0.15) is 5.75 Å². The van der Waals surface area contributed by atoms with E-state index >= 15 is 0 Å². The van der Waals surface area contributed by atoms with Crippen molar-refractivity contribution in [3.8, 4) is 5.75 Å². The predicted octanol–water partition coefficient (Wildman–Crippen LogP) is 3.56. The smallest absolute Gasteiger partial charge is 0.387 e. The Morgan fingerprint density at radius 2 is 1.74 bits per heavy atom. The third-order valence-electron chi connectivity index (χ3n) is 2.74. The van der Waals surface area contributed by atoms with Gasteiger partial charge in [-0.2, -0.15) is 8.78 Å². The summed E-state index contributed by atoms with van der Waals surface area (Å²) in [6.07, 6.45) is -0.317. The minimum Gasteiger partial charge on any atom is -0.435 e. The summed E-state index contributed by atoms with van der Waals surface area (Å²) in [7, 11) is 0. The summed E-state index contributed by atoms with van der Waals surface area (Å²) in [4.78, 5) is 0. The van der Waals surface area contributed by atoms with Gasteiger partial charge >= 0.3 is 6.61 Å². The van der Waals surface area contributed by atoms with Gasteiger partial charge in [-0.25, -0.2) is 0 Å². The van der Waals surface area contributed by atoms with Crippen molar-refractivity contribution in [2.45, 2.75) is 19.1 Å². The van der Waals surface area contributed by atoms with Gasteiger partial charge in [0.25, 0.3) is 0 Å². The van der Waals surface area contributed by atoms with Crippen LogP contribution in [-0.4, -0.2) is 11.7 Å². The standard InChI is InChI=1S/C15H14F2O2/c16-15(17)19-13-8-4-7-12(10-13)14(18)9-11-5-2-1-3-6-11/h1-8,10,14-15,18H,9H2. The quantitative estimate of drug-likeness (QED) is 0.894. The van der Waals surface area contributed by atoms with Crippen molar-refractivity contribution in [3.63, 3.8) is 0 Å². The molecule has 0 fully saturated rings. The van der Waals surface area contributed by atoms with Crippen molar-refractivity contribution >= 4 is 0 Å². The van der Waals surface area contributed by atoms with Crippen molar-refractivity contribution in [1.82, 2.24) is 0 Å². The molecule has 0 saturated carbocycles. The van der Waals surface area contributed by atoms with E-state index in [2.05, 4.69) is 4.74 Å². The van der Waals surface area contributed by atoms with E-state index in [9.17, 15) is 13.9 Å². The molecule has 2 nitrogen and oxygen atoms in total. The van der Waals surface area contributed by atoms with Gasteiger partial charge in [0.2, 0.25) is 0 Å². The van der Waals surface area contributed by atoms with Crippen LogP contribution in [0, 0.1) is 0 Å². The Morgan fingerprint density at radius 3 is 2.42 bits per heavy atom. The number of rotatable bonds is 5. The summed E-state index contributed by atoms with van der Waals surface area (Å²) in [5, 5.41) is 10.1. The summed E-state index contributed by atoms with van der Waals surface area (Å²) in [6, 6.07) is 15.6. The van der Waals surface area contributed by atoms with Gasteiger partial charge in [-0.3, -0.25) is 0 Å². The first-order valence-electron chi connectivity index (χ1n) is 5.92. The molecule has 0 radical (unpaired) electrons. The lowest BCUT2D eigenvalue weighted by atomic mass is 10.0. The van der Waals surface area contributed by atoms with Crippen molar-refractivity contribution in [2.24, 2.45) is 0 Å². The Morgan fingerprint density at radius 1 is 1.00 bits per heavy atom. The second-order valence-corrected chi connectivity index (χ2v) is 4.16. The van der Waals surface area contributed by atoms with Crippen LogP contribution in [0.5, 0.6) is 5.75 Å². The molecule has 0 heterocycles. The molecule has 2 aromatic carbocycles. The highest BCUT2D eigenvalue weighted by molar-refractivity contribution is 5.31. The molecule has 0 spiro atoms. The molecule has 4 heteroatoms. The summed E-state index contributed by atoms with van der Waals surface area (Å²) < 4.78 is 28.5. The van der Waals surface area contributed by atoms with Gasteiger partial charge in [-0.15, -0.1) is 0 Å². The van der Waals surface area contributed by atoms with Crippen molar-refractivity contribution < 1.29 is 18.6 Å². The van der Waals surface area contributed by atoms with E-state index < -0.39 is 12.7 Å². The van der Waals surface area contributed by atoms with Crippen LogP contribution in [0.15, 0.2) is 54.6 Å². The van der Waals surface area contributed by atoms with Gasteiger partial charge in [0.05, 0.1) is 6.10 Å². The molecule has 2 aromatic rings. The van der Waals surface area contributed by atoms with E-state index in [1.165, 1.54) is 12.1 Å². The molecule has 0 amide bonds. The topological polar surface area (TPSA) is 29.5 Å². The molecule has 1 unspecified atom stereocenters. The van der Waals surface area contributed by atoms with Gasteiger partial charge < -0.3 is 9.84 Å². The van der Waals surface area contributed by atoms with Crippen molar-refractivity contribution in [3.05, 3.63) is 65.7 Å². The number of aliphatic hydroxyl groups is 1. The zero-order chi connectivity index (χ0) is 13.7. The minimum atomic E-state index is -2.86. The van der Waals surface area contributed by atoms with Crippen LogP contribution in [0.25, 0.3) is 0 Å². The van der Waals surface area contributed by atoms with Crippen molar-refractivity contribution in [2.75, 3.05) is 0 Å². The molecule has 1 atom stereocenters. The summed E-state index contributed by atoms with van der Waals surface area (Å²) in [6.45, 7) is -2.86. The van der Waals surface area contributed by atoms with E-state index in [0.717, 1.165) is 5.56 Å². The lowest BCUT2D eigenvalue weighted by molar-refractivity contribution is -0.0499. The fourth-order valence-corrected chi connectivity index (χ4v) is 1.85. The summed E-state index contributed by atoms with van der Waals surface area (Å²) in [5.74, 6) is 0.0552. The van der Waals surface area contributed by atoms with Crippen LogP contribution in [0.3, 0.4) is 0 Å². The van der Waals surface area contributed by atoms with E-state index in [-0.39, 0.29) is 5.75 Å². The Labute approximate surface area is 110 Å². The average Bonchev–Trinajstić information content (AvgIpc) is 2.39. The fraction of sp³-hybridized carbons (Fsp3) is 0.200. The maximum atomic E-state index is 12.1. The molecule has 0 aliphatic carbocycles. The molecule has 0 saturated heterocycles. The third kappa shape index (κ3) is 4.03. The van der Waals surface area contributed by atoms with Crippen LogP contribution in [0.1, 0.15) is 17.2 Å². The first-order chi connectivity index (χ1) is 9.15. The van der Waals surface area contributed by atoms with Gasteiger partial charge in [-0.05, 0) is 23.3 Å². The molecule has 19 heavy (non-hydrogen) atoms. The number of alkyl halides is 2. The molecule has 100 valence electrons. The Kier molecular flexibility index (Phi) is 4.47. The highest BCUT2D eigenvalue weighted by atomic mass is 19.3. The summed E-state index contributed by atoms with van der Waals surface area (Å²) >= 11 is 0. The first kappa shape index (κ1) is 13.5. The molecular weight excluding hydrogens is 250 g/mol. The predicted molar refractivity (Wildman–Crippen MR) is 68.2 cm³/mol. The third-order valence-corrected chi connectivity index (χ3v) is 2.74. The Balaban J connectivity index is 2.08. The highest BCUT2D eigenvalue weighted by Crippen LogP contribution is 2.23. The number of halogens is 2. The van der Waals surface area contributed by atoms with Crippen LogP contribution >= 0.6 is 0 Å². The lowest BCUT2D eigenvalue weighted by Crippen LogP contribution is -2.05. The maximum Gasteiger partial charge on any atom is 0.387 e. The number of hydrogen-bond donors (Lipinski definition) is 1. The molecule has 0 aliphatic rings. The normalized spacial score (nSPS) is 12.4. The van der Waals surface area contributed by atoms with Crippen LogP contribution in [-0.2, 0) is 6.42 Å². The zero-order valence-corrected chi connectivity index (χ0v) is 10.2. The van der Waals surface area contributed by atoms with E-state index in [0.29, 0.717) is 12.0 Å². The number of benzene rings is 2. The van der Waals surface area contributed by atoms with Gasteiger partial charge in [-0.1, -0.05) is 42.5 Å². The van der Waals surface area contributed by atoms with Gasteiger partial charge in [0, 0.05) is 6.42 Å². The zero-order valence-electron chi connectivity index (χ0n) is 10.2. The molecule has 0 bridgehead atoms. The molecule has 2 rings (SSSR count). The Bertz CT molecular complexity index is 515. The SMILES string of the molecule is OC(Cc1ccccc1)c1cccc(OC(F)F)c1. The Hall–Kier alpha value is -1.94. The average molecular weight is 264 g/mol. The highest BCUT2D eigenvalue weighted by Gasteiger charge is 2.11. The second-order valence-electron chi connectivity index (χ2n) is 4.16. The number of aliphatic hydroxyl groups excluding tert-OH is 1. The fourth-order valence-electron chi connectivity index (χ4n) is 1.85. The summed E-state index contributed by atoms with van der Waals surface area (Å²) in [5.41, 5.74) is 1.54. The molecule has 0 aromatic heterocycles. The van der Waals surface area contributed by atoms with E-state index in [1.807, 2.05) is 30.3 Å². The van der Waals surface area contributed by atoms with Crippen LogP contribution in [0.2, 0.25) is 0 Å². The molecular formula is C15H14F2O2. The molecule has 1 N–H and O–H groups in total. The lowest BCUT2D eigenvalue weighted by Gasteiger charge is -2.12. The first-order valence-corrected chi connectivity index (χ1v) is 5.92. The number of ether oxygens (including phenoxy) is 1. The number of hydrogen-bond acceptors (Lipinski definition) is 2. The maximum absolute atomic E-state index is 12.1. The second kappa shape index (κ2) is 6.29. The molecule has 0 aliphatic heterocycles. The van der Waals surface area contributed by atoms with Crippen molar-refractivity contribution in [1.29, 1.82) is 0 Å². The van der Waals surface area contributed by atoms with Gasteiger partial charge in [0.15, 0.2) is 0 Å². The monoisotopic (exact) mass is 264 g/mol. The minimum absolute atomic E-state index is 0.0552. The van der Waals surface area contributed by atoms with E-state index in [4.69, 9.17) is 0 Å².